The largest absolute Gasteiger partial charge is 0.145 e. The molecule has 0 heterocycles. The van der Waals surface area contributed by atoms with Gasteiger partial charge in [-0.15, -0.1) is 4.91 Å². The van der Waals surface area contributed by atoms with Crippen LogP contribution in [-0.2, 0) is 0 Å². The lowest BCUT2D eigenvalue weighted by molar-refractivity contribution is 0.565. The van der Waals surface area contributed by atoms with Crippen LogP contribution < -0.4 is 0 Å². The van der Waals surface area contributed by atoms with E-state index in [-0.39, 0.29) is 0 Å². The van der Waals surface area contributed by atoms with Gasteiger partial charge in [0.25, 0.3) is 0 Å². The molecule has 2 heteroatoms. The fourth-order valence-electron chi connectivity index (χ4n) is 1.18. The predicted molar refractivity (Wildman–Crippen MR) is 36.9 cm³/mol. The van der Waals surface area contributed by atoms with Crippen molar-refractivity contribution in [3.05, 3.63) is 16.7 Å². The first kappa shape index (κ1) is 6.46. The van der Waals surface area contributed by atoms with E-state index >= 15 is 0 Å². The Bertz CT molecular complexity index is 140. The summed E-state index contributed by atoms with van der Waals surface area (Å²) in [6, 6.07) is 0. The first-order valence-electron chi connectivity index (χ1n) is 3.37. The summed E-state index contributed by atoms with van der Waals surface area (Å²) >= 11 is 0. The van der Waals surface area contributed by atoms with Crippen LogP contribution in [0.3, 0.4) is 0 Å². The zero-order valence-electron chi connectivity index (χ0n) is 5.63. The molecule has 0 spiro atoms. The molecule has 0 fully saturated rings. The van der Waals surface area contributed by atoms with Gasteiger partial charge in [0.1, 0.15) is 0 Å². The standard InChI is InChI=1S/C7H11NO/c1-6-3-2-4-7(5-6)8-9/h5-6H,2-4H2,1H3/t6-/m0/s1. The number of rotatable bonds is 1. The highest BCUT2D eigenvalue weighted by Gasteiger charge is 2.08. The van der Waals surface area contributed by atoms with Gasteiger partial charge in [0, 0.05) is 0 Å². The van der Waals surface area contributed by atoms with Crippen LogP contribution in [0.1, 0.15) is 26.2 Å². The molecule has 1 atom stereocenters. The van der Waals surface area contributed by atoms with Gasteiger partial charge in [-0.1, -0.05) is 13.0 Å². The molecular weight excluding hydrogens is 114 g/mol. The molecule has 0 N–H and O–H groups in total. The van der Waals surface area contributed by atoms with E-state index in [4.69, 9.17) is 0 Å². The molecular formula is C7H11NO. The van der Waals surface area contributed by atoms with Gasteiger partial charge in [-0.25, -0.2) is 0 Å². The van der Waals surface area contributed by atoms with Crippen molar-refractivity contribution in [2.45, 2.75) is 26.2 Å². The Kier molecular flexibility index (Phi) is 1.98. The van der Waals surface area contributed by atoms with Crippen molar-refractivity contribution in [3.8, 4) is 0 Å². The van der Waals surface area contributed by atoms with E-state index in [0.717, 1.165) is 18.5 Å². The Balaban J connectivity index is 2.59. The van der Waals surface area contributed by atoms with E-state index in [1.165, 1.54) is 6.42 Å². The van der Waals surface area contributed by atoms with Gasteiger partial charge in [-0.05, 0) is 30.4 Å². The molecule has 0 aromatic rings. The van der Waals surface area contributed by atoms with Crippen molar-refractivity contribution >= 4 is 0 Å². The second-order valence-corrected chi connectivity index (χ2v) is 2.62. The maximum absolute atomic E-state index is 9.99. The number of nitrogens with zero attached hydrogens (tertiary/aromatic N) is 1. The van der Waals surface area contributed by atoms with Crippen molar-refractivity contribution in [2.75, 3.05) is 0 Å². The fourth-order valence-corrected chi connectivity index (χ4v) is 1.18. The van der Waals surface area contributed by atoms with E-state index in [1.54, 1.807) is 0 Å². The molecule has 1 rings (SSSR count). The van der Waals surface area contributed by atoms with Gasteiger partial charge >= 0.3 is 0 Å². The zero-order valence-corrected chi connectivity index (χ0v) is 5.63. The number of nitroso groups, excluding NO2 is 1. The molecule has 0 saturated carbocycles. The molecule has 0 aromatic carbocycles. The van der Waals surface area contributed by atoms with E-state index in [0.29, 0.717) is 5.92 Å². The maximum Gasteiger partial charge on any atom is 0.0812 e. The lowest BCUT2D eigenvalue weighted by Crippen LogP contribution is -1.98. The molecule has 0 radical (unpaired) electrons. The van der Waals surface area contributed by atoms with Crippen LogP contribution in [0.15, 0.2) is 16.9 Å². The Labute approximate surface area is 54.9 Å². The van der Waals surface area contributed by atoms with Crippen LogP contribution in [-0.4, -0.2) is 0 Å². The molecule has 1 aliphatic carbocycles. The number of hydrogen-bond donors (Lipinski definition) is 0. The minimum atomic E-state index is 0.562. The van der Waals surface area contributed by atoms with E-state index < -0.39 is 0 Å². The first-order chi connectivity index (χ1) is 4.33. The average molecular weight is 125 g/mol. The Morgan fingerprint density at radius 1 is 1.78 bits per heavy atom. The zero-order chi connectivity index (χ0) is 6.69. The van der Waals surface area contributed by atoms with Crippen LogP contribution in [0.25, 0.3) is 0 Å². The number of hydrogen-bond acceptors (Lipinski definition) is 2. The van der Waals surface area contributed by atoms with Crippen LogP contribution >= 0.6 is 0 Å². The van der Waals surface area contributed by atoms with Crippen LogP contribution in [0, 0.1) is 10.8 Å². The molecule has 0 bridgehead atoms. The summed E-state index contributed by atoms with van der Waals surface area (Å²) in [4.78, 5) is 9.99. The van der Waals surface area contributed by atoms with Gasteiger partial charge in [0.2, 0.25) is 0 Å². The van der Waals surface area contributed by atoms with Crippen molar-refractivity contribution in [1.82, 2.24) is 0 Å². The topological polar surface area (TPSA) is 29.4 Å². The van der Waals surface area contributed by atoms with E-state index in [9.17, 15) is 4.91 Å². The van der Waals surface area contributed by atoms with Crippen LogP contribution in [0.5, 0.6) is 0 Å². The fraction of sp³-hybridized carbons (Fsp3) is 0.714. The monoisotopic (exact) mass is 125 g/mol. The van der Waals surface area contributed by atoms with Gasteiger partial charge in [0.05, 0.1) is 5.70 Å². The van der Waals surface area contributed by atoms with Gasteiger partial charge in [0.15, 0.2) is 0 Å². The molecule has 9 heavy (non-hydrogen) atoms. The van der Waals surface area contributed by atoms with Crippen LogP contribution in [0.4, 0.5) is 0 Å². The molecule has 2 nitrogen and oxygen atoms in total. The Morgan fingerprint density at radius 2 is 2.56 bits per heavy atom. The molecule has 0 unspecified atom stereocenters. The van der Waals surface area contributed by atoms with Crippen molar-refractivity contribution in [1.29, 1.82) is 0 Å². The van der Waals surface area contributed by atoms with Gasteiger partial charge < -0.3 is 0 Å². The summed E-state index contributed by atoms with van der Waals surface area (Å²) in [7, 11) is 0. The summed E-state index contributed by atoms with van der Waals surface area (Å²) in [5, 5.41) is 2.91. The highest BCUT2D eigenvalue weighted by atomic mass is 16.3. The van der Waals surface area contributed by atoms with Crippen LogP contribution in [0.2, 0.25) is 0 Å². The highest BCUT2D eigenvalue weighted by Crippen LogP contribution is 2.22. The molecule has 1 aliphatic rings. The van der Waals surface area contributed by atoms with E-state index in [2.05, 4.69) is 12.1 Å². The average Bonchev–Trinajstić information content (AvgIpc) is 1.88. The van der Waals surface area contributed by atoms with Crippen molar-refractivity contribution in [3.63, 3.8) is 0 Å². The third-order valence-corrected chi connectivity index (χ3v) is 1.69. The summed E-state index contributed by atoms with van der Waals surface area (Å²) in [6.07, 6.45) is 5.18. The molecule has 0 saturated heterocycles. The molecule has 50 valence electrons. The highest BCUT2D eigenvalue weighted by molar-refractivity contribution is 5.04. The molecule has 0 amide bonds. The normalized spacial score (nSPS) is 27.2. The Morgan fingerprint density at radius 3 is 3.00 bits per heavy atom. The van der Waals surface area contributed by atoms with Crippen molar-refractivity contribution < 1.29 is 0 Å². The summed E-state index contributed by atoms with van der Waals surface area (Å²) in [6.45, 7) is 2.12. The smallest absolute Gasteiger partial charge is 0.0812 e. The predicted octanol–water partition coefficient (Wildman–Crippen LogP) is 2.46. The molecule has 0 aromatic heterocycles. The minimum absolute atomic E-state index is 0.562. The Hall–Kier alpha value is -0.660. The molecule has 0 aliphatic heterocycles. The SMILES string of the molecule is C[C@@H]1C=C(N=O)CCC1. The third kappa shape index (κ3) is 1.63. The second kappa shape index (κ2) is 2.76. The minimum Gasteiger partial charge on any atom is -0.145 e. The van der Waals surface area contributed by atoms with Gasteiger partial charge in [-0.3, -0.25) is 0 Å². The third-order valence-electron chi connectivity index (χ3n) is 1.69. The summed E-state index contributed by atoms with van der Waals surface area (Å²) in [5.41, 5.74) is 0.744. The lowest BCUT2D eigenvalue weighted by Gasteiger charge is -2.11. The van der Waals surface area contributed by atoms with E-state index in [1.807, 2.05) is 6.08 Å². The first-order valence-corrected chi connectivity index (χ1v) is 3.37. The number of allylic oxidation sites excluding steroid dienone is 2. The second-order valence-electron chi connectivity index (χ2n) is 2.62. The summed E-state index contributed by atoms with van der Waals surface area (Å²) in [5.74, 6) is 0.562. The lowest BCUT2D eigenvalue weighted by atomic mass is 9.96. The quantitative estimate of drug-likeness (QED) is 0.495. The maximum atomic E-state index is 9.99. The van der Waals surface area contributed by atoms with Gasteiger partial charge in [-0.2, -0.15) is 0 Å². The summed E-state index contributed by atoms with van der Waals surface area (Å²) < 4.78 is 0. The van der Waals surface area contributed by atoms with Crippen molar-refractivity contribution in [2.24, 2.45) is 11.1 Å².